The second kappa shape index (κ2) is 9.23. The van der Waals surface area contributed by atoms with Crippen LogP contribution in [0, 0.1) is 5.92 Å². The average molecular weight is 472 g/mol. The quantitative estimate of drug-likeness (QED) is 0.482. The average Bonchev–Trinajstić information content (AvgIpc) is 3.30. The first kappa shape index (κ1) is 22.6. The number of fused-ring (bicyclic) bond motifs is 2. The summed E-state index contributed by atoms with van der Waals surface area (Å²) in [6.45, 7) is 6.63. The Labute approximate surface area is 198 Å². The van der Waals surface area contributed by atoms with Crippen molar-refractivity contribution >= 4 is 5.97 Å². The predicted octanol–water partition coefficient (Wildman–Crippen LogP) is 3.18. The van der Waals surface area contributed by atoms with Crippen molar-refractivity contribution in [2.24, 2.45) is 5.92 Å². The van der Waals surface area contributed by atoms with E-state index in [1.807, 2.05) is 24.3 Å². The van der Waals surface area contributed by atoms with Crippen LogP contribution in [0.15, 0.2) is 24.3 Å². The molecule has 0 radical (unpaired) electrons. The molecule has 182 valence electrons. The van der Waals surface area contributed by atoms with E-state index in [-0.39, 0.29) is 30.6 Å². The highest BCUT2D eigenvalue weighted by Gasteiger charge is 2.42. The summed E-state index contributed by atoms with van der Waals surface area (Å²) in [5.74, 6) is 2.78. The topological polar surface area (TPSA) is 84.9 Å². The van der Waals surface area contributed by atoms with E-state index >= 15 is 0 Å². The lowest BCUT2D eigenvalue weighted by Crippen LogP contribution is -2.52. The first-order chi connectivity index (χ1) is 16.5. The van der Waals surface area contributed by atoms with E-state index in [0.29, 0.717) is 36.2 Å². The Hall–Kier alpha value is -3.17. The van der Waals surface area contributed by atoms with Gasteiger partial charge in [-0.05, 0) is 23.8 Å². The number of carbonyl (C=O) groups is 1. The lowest BCUT2D eigenvalue weighted by atomic mass is 9.77. The van der Waals surface area contributed by atoms with Crippen molar-refractivity contribution in [2.75, 3.05) is 47.3 Å². The molecule has 0 amide bonds. The maximum Gasteiger partial charge on any atom is 0.308 e. The largest absolute Gasteiger partial charge is 0.493 e. The van der Waals surface area contributed by atoms with Gasteiger partial charge in [-0.3, -0.25) is 9.69 Å². The van der Waals surface area contributed by atoms with Crippen molar-refractivity contribution in [3.8, 4) is 34.5 Å². The van der Waals surface area contributed by atoms with Crippen LogP contribution < -0.4 is 28.4 Å². The van der Waals surface area contributed by atoms with Crippen LogP contribution in [0.3, 0.4) is 0 Å². The van der Waals surface area contributed by atoms with Gasteiger partial charge in [-0.15, -0.1) is 0 Å². The number of methoxy groups -OCH3 is 2. The van der Waals surface area contributed by atoms with Gasteiger partial charge in [0.15, 0.2) is 29.2 Å². The summed E-state index contributed by atoms with van der Waals surface area (Å²) < 4.78 is 40.0. The molecule has 3 aliphatic rings. The summed E-state index contributed by atoms with van der Waals surface area (Å²) in [4.78, 5) is 14.0. The zero-order chi connectivity index (χ0) is 23.8. The van der Waals surface area contributed by atoms with Gasteiger partial charge in [0.2, 0.25) is 12.5 Å². The van der Waals surface area contributed by atoms with Crippen LogP contribution in [-0.2, 0) is 9.53 Å². The first-order valence-corrected chi connectivity index (χ1v) is 11.4. The summed E-state index contributed by atoms with van der Waals surface area (Å²) in [5, 5.41) is 0. The summed E-state index contributed by atoms with van der Waals surface area (Å²) in [6, 6.07) is 7.70. The van der Waals surface area contributed by atoms with Gasteiger partial charge in [-0.25, -0.2) is 0 Å². The lowest BCUT2D eigenvalue weighted by Gasteiger charge is -2.44. The number of carbonyl (C=O) groups excluding carboxylic acids is 1. The highest BCUT2D eigenvalue weighted by molar-refractivity contribution is 5.72. The monoisotopic (exact) mass is 471 g/mol. The zero-order valence-corrected chi connectivity index (χ0v) is 19.8. The van der Waals surface area contributed by atoms with Crippen LogP contribution in [0.2, 0.25) is 0 Å². The third-order valence-electron chi connectivity index (χ3n) is 6.56. The molecule has 3 atom stereocenters. The number of morpholine rings is 1. The van der Waals surface area contributed by atoms with E-state index in [4.69, 9.17) is 33.2 Å². The minimum atomic E-state index is -0.450. The Morgan fingerprint density at radius 2 is 1.62 bits per heavy atom. The number of ether oxygens (including phenoxy) is 7. The van der Waals surface area contributed by atoms with Crippen LogP contribution in [0.5, 0.6) is 34.5 Å². The van der Waals surface area contributed by atoms with Gasteiger partial charge in [-0.2, -0.15) is 0 Å². The summed E-state index contributed by atoms with van der Waals surface area (Å²) in [7, 11) is 3.09. The minimum absolute atomic E-state index is 0.0692. The maximum absolute atomic E-state index is 11.7. The van der Waals surface area contributed by atoms with Crippen molar-refractivity contribution in [1.82, 2.24) is 4.90 Å². The summed E-state index contributed by atoms with van der Waals surface area (Å²) in [6.07, 6.45) is -0.160. The van der Waals surface area contributed by atoms with Crippen molar-refractivity contribution < 1.29 is 38.0 Å². The fraction of sp³-hybridized carbons (Fsp3) is 0.480. The SMILES string of the molecule is COc1cc([C@H]2c3cc4c(cc3O[C@H](N3CCOCC3)[C@H]2C)OCO4)cc(OC)c1OC(C)=O. The Kier molecular flexibility index (Phi) is 6.14. The molecule has 0 aliphatic carbocycles. The molecule has 1 fully saturated rings. The van der Waals surface area contributed by atoms with Crippen LogP contribution in [-0.4, -0.2) is 64.4 Å². The molecule has 0 N–H and O–H groups in total. The Morgan fingerprint density at radius 3 is 2.24 bits per heavy atom. The standard InChI is InChI=1S/C25H29NO8/c1-14-23(16-9-21(28-3)24(33-15(2)27)22(10-16)29-4)17-11-19-20(32-13-31-19)12-18(17)34-25(14)26-5-7-30-8-6-26/h9-12,14,23,25H,5-8,13H2,1-4H3/t14-,23-,25-/m0/s1. The van der Waals surface area contributed by atoms with Gasteiger partial charge in [-0.1, -0.05) is 6.92 Å². The molecule has 5 rings (SSSR count). The second-order valence-corrected chi connectivity index (χ2v) is 8.59. The molecule has 9 nitrogen and oxygen atoms in total. The molecule has 3 heterocycles. The highest BCUT2D eigenvalue weighted by Crippen LogP contribution is 2.52. The smallest absolute Gasteiger partial charge is 0.308 e. The molecule has 9 heteroatoms. The van der Waals surface area contributed by atoms with Gasteiger partial charge < -0.3 is 33.2 Å². The third-order valence-corrected chi connectivity index (χ3v) is 6.56. The maximum atomic E-state index is 11.7. The normalized spacial score (nSPS) is 23.6. The molecule has 3 aliphatic heterocycles. The van der Waals surface area contributed by atoms with E-state index in [2.05, 4.69) is 11.8 Å². The molecule has 1 saturated heterocycles. The van der Waals surface area contributed by atoms with E-state index in [0.717, 1.165) is 30.0 Å². The third kappa shape index (κ3) is 3.99. The number of hydrogen-bond donors (Lipinski definition) is 0. The van der Waals surface area contributed by atoms with Crippen molar-refractivity contribution in [3.63, 3.8) is 0 Å². The van der Waals surface area contributed by atoms with E-state index in [1.165, 1.54) is 6.92 Å². The molecule has 2 aromatic rings. The van der Waals surface area contributed by atoms with Gasteiger partial charge in [0.25, 0.3) is 0 Å². The predicted molar refractivity (Wildman–Crippen MR) is 121 cm³/mol. The van der Waals surface area contributed by atoms with Gasteiger partial charge in [0, 0.05) is 43.5 Å². The van der Waals surface area contributed by atoms with Crippen LogP contribution >= 0.6 is 0 Å². The van der Waals surface area contributed by atoms with Gasteiger partial charge >= 0.3 is 5.97 Å². The Morgan fingerprint density at radius 1 is 0.971 bits per heavy atom. The second-order valence-electron chi connectivity index (χ2n) is 8.59. The van der Waals surface area contributed by atoms with E-state index in [9.17, 15) is 4.79 Å². The van der Waals surface area contributed by atoms with Crippen molar-refractivity contribution in [2.45, 2.75) is 26.0 Å². The Balaban J connectivity index is 1.63. The molecular weight excluding hydrogens is 442 g/mol. The lowest BCUT2D eigenvalue weighted by molar-refractivity contribution is -0.132. The van der Waals surface area contributed by atoms with E-state index in [1.54, 1.807) is 14.2 Å². The Bertz CT molecular complexity index is 1060. The fourth-order valence-electron chi connectivity index (χ4n) is 5.02. The number of hydrogen-bond acceptors (Lipinski definition) is 9. The number of nitrogens with zero attached hydrogens (tertiary/aromatic N) is 1. The molecule has 0 spiro atoms. The summed E-state index contributed by atoms with van der Waals surface area (Å²) in [5.41, 5.74) is 1.95. The summed E-state index contributed by atoms with van der Waals surface area (Å²) >= 11 is 0. The van der Waals surface area contributed by atoms with E-state index < -0.39 is 5.97 Å². The van der Waals surface area contributed by atoms with Crippen molar-refractivity contribution in [3.05, 3.63) is 35.4 Å². The number of benzene rings is 2. The number of rotatable bonds is 5. The first-order valence-electron chi connectivity index (χ1n) is 11.4. The molecule has 34 heavy (non-hydrogen) atoms. The molecule has 0 aromatic heterocycles. The van der Waals surface area contributed by atoms with Crippen LogP contribution in [0.4, 0.5) is 0 Å². The van der Waals surface area contributed by atoms with Gasteiger partial charge in [0.1, 0.15) is 5.75 Å². The molecule has 2 aromatic carbocycles. The number of esters is 1. The van der Waals surface area contributed by atoms with Crippen LogP contribution in [0.1, 0.15) is 30.9 Å². The highest BCUT2D eigenvalue weighted by atomic mass is 16.7. The molecule has 0 saturated carbocycles. The van der Waals surface area contributed by atoms with Crippen molar-refractivity contribution in [1.29, 1.82) is 0 Å². The minimum Gasteiger partial charge on any atom is -0.493 e. The van der Waals surface area contributed by atoms with Crippen LogP contribution in [0.25, 0.3) is 0 Å². The molecule has 0 bridgehead atoms. The molecular formula is C25H29NO8. The zero-order valence-electron chi connectivity index (χ0n) is 19.8. The van der Waals surface area contributed by atoms with Gasteiger partial charge in [0.05, 0.1) is 27.4 Å². The fourth-order valence-corrected chi connectivity index (χ4v) is 5.02. The molecule has 0 unspecified atom stereocenters.